The van der Waals surface area contributed by atoms with Gasteiger partial charge in [-0.05, 0) is 158 Å². The van der Waals surface area contributed by atoms with Crippen molar-refractivity contribution in [3.05, 3.63) is 186 Å². The van der Waals surface area contributed by atoms with E-state index in [2.05, 4.69) is 20.0 Å². The Balaban J connectivity index is 0.00000541. The van der Waals surface area contributed by atoms with Gasteiger partial charge in [0.15, 0.2) is 11.8 Å². The number of rotatable bonds is 31. The molecule has 0 aliphatic carbocycles. The van der Waals surface area contributed by atoms with E-state index in [1.165, 1.54) is 30.3 Å². The van der Waals surface area contributed by atoms with Gasteiger partial charge < -0.3 is 47.8 Å². The monoisotopic (exact) mass is 1630 g/mol. The van der Waals surface area contributed by atoms with Gasteiger partial charge in [0.1, 0.15) is 49.3 Å². The number of unbranched alkanes of at least 4 members (excludes halogenated alkanes) is 2. The second-order valence-electron chi connectivity index (χ2n) is 26.7. The average molecular weight is 1630 g/mol. The molecule has 0 unspecified atom stereocenters. The third-order valence-electron chi connectivity index (χ3n) is 19.3. The van der Waals surface area contributed by atoms with E-state index in [9.17, 15) is 61.7 Å². The smallest absolute Gasteiger partial charge is 0.744 e. The first-order valence-corrected chi connectivity index (χ1v) is 39.9. The Kier molecular flexibility index (Phi) is 33.4. The largest absolute Gasteiger partial charge is 1.00 e. The minimum Gasteiger partial charge on any atom is -0.744 e. The zero-order valence-electron chi connectivity index (χ0n) is 62.3. The third kappa shape index (κ3) is 21.6. The number of nitrogens with two attached hydrogens (primary N) is 1. The zero-order valence-corrected chi connectivity index (χ0v) is 74.9. The van der Waals surface area contributed by atoms with E-state index in [4.69, 9.17) is 24.9 Å². The number of piperazine rings is 1. The number of benzene rings is 7. The Bertz CT molecular complexity index is 5040. The van der Waals surface area contributed by atoms with Gasteiger partial charge in [-0.1, -0.05) is 97.2 Å². The number of amides is 2. The number of hydrogen-bond acceptors (Lipinski definition) is 22. The van der Waals surface area contributed by atoms with Gasteiger partial charge in [0.25, 0.3) is 10.0 Å². The number of hydroxylamine groups is 1. The number of likely N-dealkylation sites (N-methyl/N-ethyl adjacent to an activating group) is 1. The van der Waals surface area contributed by atoms with Gasteiger partial charge in [0.2, 0.25) is 11.6 Å². The normalized spacial score (nSPS) is 15.8. The Hall–Kier alpha value is -3.85. The van der Waals surface area contributed by atoms with Crippen LogP contribution in [-0.2, 0) is 86.6 Å². The van der Waals surface area contributed by atoms with Gasteiger partial charge >= 0.3 is 166 Å². The topological polar surface area (TPSA) is 357 Å². The van der Waals surface area contributed by atoms with Crippen LogP contribution in [0, 0.1) is 6.92 Å². The Labute approximate surface area is 759 Å². The molecule has 3 heterocycles. The molecule has 0 aromatic heterocycles. The first-order chi connectivity index (χ1) is 49.8. The number of allylic oxidation sites excluding steroid dienone is 6. The predicted octanol–water partition coefficient (Wildman–Crippen LogP) is 0.337. The fourth-order valence-corrected chi connectivity index (χ4v) is 17.3. The van der Waals surface area contributed by atoms with E-state index in [1.807, 2.05) is 105 Å². The van der Waals surface area contributed by atoms with E-state index in [-0.39, 0.29) is 226 Å². The molecule has 108 heavy (non-hydrogen) atoms. The fourth-order valence-electron chi connectivity index (χ4n) is 14.0. The van der Waals surface area contributed by atoms with Crippen molar-refractivity contribution in [3.63, 3.8) is 0 Å². The summed E-state index contributed by atoms with van der Waals surface area (Å²) in [7, 11) is -18.3. The zero-order chi connectivity index (χ0) is 75.8. The van der Waals surface area contributed by atoms with Crippen LogP contribution in [0.1, 0.15) is 89.0 Å². The molecule has 560 valence electrons. The van der Waals surface area contributed by atoms with E-state index >= 15 is 0 Å². The molecule has 3 aliphatic rings. The summed E-state index contributed by atoms with van der Waals surface area (Å²) in [5, 5.41) is 4.10. The summed E-state index contributed by atoms with van der Waals surface area (Å²) >= 11 is 0. The van der Waals surface area contributed by atoms with Gasteiger partial charge in [-0.2, -0.15) is 10.5 Å². The maximum atomic E-state index is 14.4. The molecule has 3 N–H and O–H groups in total. The minimum atomic E-state index is -5.28. The Morgan fingerprint density at radius 3 is 1.93 bits per heavy atom. The fraction of sp³-hybridized carbons (Fsp3) is 0.360. The first-order valence-electron chi connectivity index (χ1n) is 34.2. The number of carbonyl (C=O) groups excluding carboxylic acids is 3. The molecule has 26 nitrogen and oxygen atoms in total. The van der Waals surface area contributed by atoms with Gasteiger partial charge in [-0.15, -0.1) is 0 Å². The van der Waals surface area contributed by atoms with E-state index in [0.29, 0.717) is 109 Å². The number of nitrogens with zero attached hydrogens (tertiary/aromatic N) is 5. The maximum Gasteiger partial charge on any atom is 1.00 e. The van der Waals surface area contributed by atoms with Crippen LogP contribution >= 0.6 is 0 Å². The van der Waals surface area contributed by atoms with Crippen molar-refractivity contribution in [3.8, 4) is 16.9 Å². The quantitative estimate of drug-likeness (QED) is 0.0148. The number of methoxy groups -OCH3 is 1. The summed E-state index contributed by atoms with van der Waals surface area (Å²) in [5.74, 6) is 4.82. The van der Waals surface area contributed by atoms with Crippen molar-refractivity contribution < 1.29 is 244 Å². The molecule has 0 saturated carbocycles. The summed E-state index contributed by atoms with van der Waals surface area (Å²) < 4.78 is 160. The SMILES string of the molecule is CCN1C(=CC=CC=CC2=[N+](CCCCCC(=O)N3CCN(CCOCCON([C@H](CCNC(=O)OCc4ccccc4)C(=O)ON)S(=O)(=O)c4ccc(-c5ccc(OC)cc5)cc4)CC3)c3ccc4c(S(=O)(=O)[O-])cc(S(=O)(=O)[O-])cc4c3C2(C)C)C(C)(C)c2c1ccc1c(C)cc(S(=O)(=O)[O-])cc21.[K+].[K+].[K+]. The number of sulfonamides is 1. The van der Waals surface area contributed by atoms with Gasteiger partial charge in [0, 0.05) is 98.5 Å². The van der Waals surface area contributed by atoms with Crippen molar-refractivity contribution >= 4 is 97.0 Å². The summed E-state index contributed by atoms with van der Waals surface area (Å²) in [4.78, 5) is 54.0. The number of alkyl carbamates (subject to hydrolysis) is 1. The maximum absolute atomic E-state index is 14.4. The second-order valence-corrected chi connectivity index (χ2v) is 32.6. The van der Waals surface area contributed by atoms with Crippen LogP contribution in [0.3, 0.4) is 0 Å². The molecule has 10 rings (SSSR count). The van der Waals surface area contributed by atoms with Crippen LogP contribution in [0.15, 0.2) is 183 Å². The molecule has 7 aromatic rings. The van der Waals surface area contributed by atoms with E-state index in [0.717, 1.165) is 45.2 Å². The van der Waals surface area contributed by atoms with Crippen molar-refractivity contribution in [2.24, 2.45) is 5.90 Å². The number of nitrogens with one attached hydrogen (secondary N) is 1. The molecule has 7 aromatic carbocycles. The molecule has 1 atom stereocenters. The van der Waals surface area contributed by atoms with Crippen LogP contribution in [0.4, 0.5) is 16.2 Å². The Morgan fingerprint density at radius 2 is 1.31 bits per heavy atom. The summed E-state index contributed by atoms with van der Waals surface area (Å²) in [6.07, 6.45) is 10.3. The average Bonchev–Trinajstić information content (AvgIpc) is 1.54. The molecule has 1 fully saturated rings. The van der Waals surface area contributed by atoms with E-state index in [1.54, 1.807) is 68.6 Å². The molecule has 3 aliphatic heterocycles. The van der Waals surface area contributed by atoms with Crippen molar-refractivity contribution in [1.29, 1.82) is 0 Å². The molecular formula is C75H85K3N7O19S4+. The molecule has 0 radical (unpaired) electrons. The van der Waals surface area contributed by atoms with Crippen LogP contribution < -0.4 is 175 Å². The number of aryl methyl sites for hydroxylation is 1. The minimum absolute atomic E-state index is 0. The first kappa shape index (κ1) is 91.3. The number of fused-ring (bicyclic) bond motifs is 6. The third-order valence-corrected chi connectivity index (χ3v) is 23.5. The molecule has 33 heteroatoms. The molecule has 0 spiro atoms. The summed E-state index contributed by atoms with van der Waals surface area (Å²) in [6.45, 7) is 14.6. The van der Waals surface area contributed by atoms with Crippen LogP contribution in [0.5, 0.6) is 5.75 Å². The predicted molar refractivity (Wildman–Crippen MR) is 391 cm³/mol. The molecule has 1 saturated heterocycles. The Morgan fingerprint density at radius 1 is 0.676 bits per heavy atom. The van der Waals surface area contributed by atoms with Gasteiger partial charge in [0.05, 0.1) is 51.9 Å². The standard InChI is InChI=1S/C75H87N7O19S4.3K/c1-8-80-63-33-31-59-51(2)46-57(103(88,89)90)47-61(59)70(63)74(3,4)67(80)20-14-10-15-21-68-75(5,6)71-62-48-58(104(91,92)93)49-66(105(94,95)96)60(62)32-34-64(71)81(68)37-17-11-16-22-69(83)79-40-38-78(39-41-79)42-43-98-44-45-100-82(65(72(84)101-76)35-36-77-73(85)99-50-52-18-12-9-13-19-52)102(86,87)56-29-25-54(26-30-56)53-23-27-55(97-7)28-24-53;;;/h9-10,12-15,18-21,23-34,46-49,65H,8,11,16-17,22,35-45,50,76H2,1-7H3,(H3-,77,85,88,89,90,91,92,93,94,95,96);;;/q;3*+1/p-2/t65-;;;/m1.../s1. The van der Waals surface area contributed by atoms with Crippen LogP contribution in [0.25, 0.3) is 32.7 Å². The summed E-state index contributed by atoms with van der Waals surface area (Å²) in [6, 6.07) is 32.0. The molecule has 2 amide bonds. The van der Waals surface area contributed by atoms with Crippen LogP contribution in [0.2, 0.25) is 0 Å². The van der Waals surface area contributed by atoms with Crippen molar-refractivity contribution in [1.82, 2.24) is 19.6 Å². The number of carbonyl (C=O) groups is 3. The number of anilines is 1. The van der Waals surface area contributed by atoms with E-state index < -0.39 is 79.1 Å². The van der Waals surface area contributed by atoms with Crippen LogP contribution in [-0.4, -0.2) is 175 Å². The number of ether oxygens (including phenoxy) is 3. The summed E-state index contributed by atoms with van der Waals surface area (Å²) in [5.41, 5.74) is 5.77. The second kappa shape index (κ2) is 39.5. The molecule has 0 bridgehead atoms. The number of hydrogen-bond donors (Lipinski definition) is 2. The van der Waals surface area contributed by atoms with Crippen molar-refractivity contribution in [2.45, 2.75) is 117 Å². The van der Waals surface area contributed by atoms with Gasteiger partial charge in [-0.3, -0.25) is 14.5 Å². The van der Waals surface area contributed by atoms with Gasteiger partial charge in [-0.25, -0.2) is 43.3 Å². The molecular weight excluding hydrogens is 1550 g/mol. The van der Waals surface area contributed by atoms with Crippen molar-refractivity contribution in [2.75, 3.05) is 84.2 Å².